The molecule has 5 nitrogen and oxygen atoms in total. The van der Waals surface area contributed by atoms with Crippen molar-refractivity contribution in [3.63, 3.8) is 0 Å². The number of carbonyl (C=O) groups is 1. The number of nitrogens with zero attached hydrogens (tertiary/aromatic N) is 2. The summed E-state index contributed by atoms with van der Waals surface area (Å²) in [6, 6.07) is 0.171. The highest BCUT2D eigenvalue weighted by atomic mass is 16.3. The van der Waals surface area contributed by atoms with E-state index in [0.717, 1.165) is 32.5 Å². The molecule has 0 spiro atoms. The molecule has 0 aliphatic carbocycles. The highest BCUT2D eigenvalue weighted by molar-refractivity contribution is 5.80. The maximum absolute atomic E-state index is 12.5. The summed E-state index contributed by atoms with van der Waals surface area (Å²) in [5.41, 5.74) is 0. The van der Waals surface area contributed by atoms with Gasteiger partial charge in [-0.2, -0.15) is 0 Å². The minimum absolute atomic E-state index is 0.105. The van der Waals surface area contributed by atoms with Crippen LogP contribution < -0.4 is 5.32 Å². The van der Waals surface area contributed by atoms with Gasteiger partial charge in [0.15, 0.2) is 0 Å². The lowest BCUT2D eigenvalue weighted by Gasteiger charge is -2.31. The molecule has 2 unspecified atom stereocenters. The van der Waals surface area contributed by atoms with Gasteiger partial charge in [-0.05, 0) is 39.9 Å². The number of aliphatic hydroxyl groups is 1. The molecule has 5 heteroatoms. The molecule has 3 atom stereocenters. The third-order valence-corrected chi connectivity index (χ3v) is 3.90. The van der Waals surface area contributed by atoms with Crippen LogP contribution in [0, 0.1) is 5.92 Å². The second kappa shape index (κ2) is 5.99. The van der Waals surface area contributed by atoms with Crippen molar-refractivity contribution < 1.29 is 9.90 Å². The Hall–Kier alpha value is -0.650. The molecule has 2 aliphatic heterocycles. The van der Waals surface area contributed by atoms with Crippen LogP contribution in [0.4, 0.5) is 0 Å². The lowest BCUT2D eigenvalue weighted by molar-refractivity contribution is -0.137. The molecule has 104 valence electrons. The van der Waals surface area contributed by atoms with Gasteiger partial charge in [0, 0.05) is 25.7 Å². The highest BCUT2D eigenvalue weighted by Gasteiger charge is 2.37. The van der Waals surface area contributed by atoms with Crippen LogP contribution in [0.2, 0.25) is 0 Å². The predicted molar refractivity (Wildman–Crippen MR) is 70.3 cm³/mol. The van der Waals surface area contributed by atoms with E-state index < -0.39 is 0 Å². The van der Waals surface area contributed by atoms with Gasteiger partial charge in [-0.1, -0.05) is 0 Å². The summed E-state index contributed by atoms with van der Waals surface area (Å²) < 4.78 is 0. The molecule has 2 aliphatic rings. The molecular formula is C13H25N3O2. The number of rotatable bonds is 3. The van der Waals surface area contributed by atoms with Gasteiger partial charge in [-0.15, -0.1) is 0 Å². The van der Waals surface area contributed by atoms with Crippen molar-refractivity contribution in [3.8, 4) is 0 Å². The van der Waals surface area contributed by atoms with Crippen molar-refractivity contribution in [1.82, 2.24) is 15.1 Å². The summed E-state index contributed by atoms with van der Waals surface area (Å²) >= 11 is 0. The van der Waals surface area contributed by atoms with Crippen LogP contribution in [0.5, 0.6) is 0 Å². The Balaban J connectivity index is 1.97. The molecule has 0 radical (unpaired) electrons. The first kappa shape index (κ1) is 13.8. The Kier molecular flexibility index (Phi) is 4.59. The number of likely N-dealkylation sites (N-methyl/N-ethyl adjacent to an activating group) is 1. The molecule has 2 saturated heterocycles. The molecule has 2 N–H and O–H groups in total. The van der Waals surface area contributed by atoms with Crippen molar-refractivity contribution in [2.45, 2.75) is 31.4 Å². The van der Waals surface area contributed by atoms with Crippen molar-refractivity contribution in [2.75, 3.05) is 40.3 Å². The van der Waals surface area contributed by atoms with Gasteiger partial charge >= 0.3 is 0 Å². The molecule has 0 aromatic heterocycles. The topological polar surface area (TPSA) is 55.8 Å². The van der Waals surface area contributed by atoms with E-state index in [1.54, 1.807) is 0 Å². The maximum atomic E-state index is 12.5. The fourth-order valence-electron chi connectivity index (χ4n) is 3.05. The number of carbonyl (C=O) groups excluding carboxylic acids is 1. The predicted octanol–water partition coefficient (Wildman–Crippen LogP) is -0.491. The summed E-state index contributed by atoms with van der Waals surface area (Å²) in [6.07, 6.45) is 2.41. The van der Waals surface area contributed by atoms with Crippen LogP contribution in [-0.2, 0) is 4.79 Å². The van der Waals surface area contributed by atoms with Crippen molar-refractivity contribution in [3.05, 3.63) is 0 Å². The van der Waals surface area contributed by atoms with Crippen molar-refractivity contribution in [2.24, 2.45) is 5.92 Å². The molecular weight excluding hydrogens is 230 g/mol. The van der Waals surface area contributed by atoms with Crippen LogP contribution in [0.15, 0.2) is 0 Å². The second-order valence-corrected chi connectivity index (χ2v) is 5.84. The average Bonchev–Trinajstić information content (AvgIpc) is 2.69. The smallest absolute Gasteiger partial charge is 0.227 e. The quantitative estimate of drug-likeness (QED) is 0.714. The van der Waals surface area contributed by atoms with Crippen LogP contribution in [-0.4, -0.2) is 73.2 Å². The Morgan fingerprint density at radius 3 is 2.89 bits per heavy atom. The van der Waals surface area contributed by atoms with E-state index in [0.29, 0.717) is 13.0 Å². The van der Waals surface area contributed by atoms with Crippen LogP contribution in [0.1, 0.15) is 19.3 Å². The number of nitrogens with one attached hydrogen (secondary N) is 1. The van der Waals surface area contributed by atoms with Crippen molar-refractivity contribution >= 4 is 5.91 Å². The minimum Gasteiger partial charge on any atom is -0.391 e. The fourth-order valence-corrected chi connectivity index (χ4v) is 3.05. The molecule has 0 bridgehead atoms. The van der Waals surface area contributed by atoms with Gasteiger partial charge < -0.3 is 20.2 Å². The molecule has 18 heavy (non-hydrogen) atoms. The monoisotopic (exact) mass is 255 g/mol. The van der Waals surface area contributed by atoms with Gasteiger partial charge in [-0.3, -0.25) is 4.79 Å². The van der Waals surface area contributed by atoms with E-state index in [4.69, 9.17) is 0 Å². The van der Waals surface area contributed by atoms with Crippen LogP contribution in [0.25, 0.3) is 0 Å². The normalized spacial score (nSPS) is 33.1. The lowest BCUT2D eigenvalue weighted by Crippen LogP contribution is -2.47. The number of amides is 1. The van der Waals surface area contributed by atoms with Gasteiger partial charge in [0.1, 0.15) is 0 Å². The van der Waals surface area contributed by atoms with Gasteiger partial charge in [-0.25, -0.2) is 0 Å². The Bertz CT molecular complexity index is 290. The number of aliphatic hydroxyl groups excluding tert-OH is 1. The average molecular weight is 255 g/mol. The van der Waals surface area contributed by atoms with Crippen LogP contribution >= 0.6 is 0 Å². The summed E-state index contributed by atoms with van der Waals surface area (Å²) in [6.45, 7) is 3.16. The Morgan fingerprint density at radius 1 is 1.50 bits per heavy atom. The standard InChI is InChI=1S/C13H25N3O2/c1-15(2)8-11-6-12(17)9-16(11)13(18)10-4-3-5-14-7-10/h10-12,14,17H,3-9H2,1-2H3/t10-,11?,12?/m1/s1. The maximum Gasteiger partial charge on any atom is 0.227 e. The first-order chi connectivity index (χ1) is 8.58. The van der Waals surface area contributed by atoms with E-state index in [2.05, 4.69) is 10.2 Å². The van der Waals surface area contributed by atoms with E-state index in [1.165, 1.54) is 0 Å². The molecule has 0 aromatic rings. The van der Waals surface area contributed by atoms with Gasteiger partial charge in [0.2, 0.25) is 5.91 Å². The first-order valence-electron chi connectivity index (χ1n) is 6.92. The Morgan fingerprint density at radius 2 is 2.28 bits per heavy atom. The summed E-state index contributed by atoms with van der Waals surface area (Å²) in [5.74, 6) is 0.333. The zero-order chi connectivity index (χ0) is 13.1. The highest BCUT2D eigenvalue weighted by Crippen LogP contribution is 2.23. The fraction of sp³-hybridized carbons (Fsp3) is 0.923. The van der Waals surface area contributed by atoms with E-state index in [9.17, 15) is 9.90 Å². The second-order valence-electron chi connectivity index (χ2n) is 5.84. The van der Waals surface area contributed by atoms with E-state index >= 15 is 0 Å². The van der Waals surface area contributed by atoms with Gasteiger partial charge in [0.05, 0.1) is 12.0 Å². The molecule has 2 rings (SSSR count). The van der Waals surface area contributed by atoms with Crippen LogP contribution in [0.3, 0.4) is 0 Å². The molecule has 2 heterocycles. The number of hydrogen-bond donors (Lipinski definition) is 2. The molecule has 2 fully saturated rings. The zero-order valence-electron chi connectivity index (χ0n) is 11.4. The Labute approximate surface area is 109 Å². The zero-order valence-corrected chi connectivity index (χ0v) is 11.4. The molecule has 0 saturated carbocycles. The summed E-state index contributed by atoms with van der Waals surface area (Å²) in [7, 11) is 4.02. The third-order valence-electron chi connectivity index (χ3n) is 3.90. The lowest BCUT2D eigenvalue weighted by atomic mass is 9.98. The van der Waals surface area contributed by atoms with Gasteiger partial charge in [0.25, 0.3) is 0 Å². The summed E-state index contributed by atoms with van der Waals surface area (Å²) in [5, 5.41) is 13.1. The molecule has 1 amide bonds. The largest absolute Gasteiger partial charge is 0.391 e. The third kappa shape index (κ3) is 3.22. The molecule has 0 aromatic carbocycles. The van der Waals surface area contributed by atoms with Crippen molar-refractivity contribution in [1.29, 1.82) is 0 Å². The minimum atomic E-state index is -0.351. The first-order valence-corrected chi connectivity index (χ1v) is 6.92. The number of piperidine rings is 1. The number of hydrogen-bond acceptors (Lipinski definition) is 4. The SMILES string of the molecule is CN(C)CC1CC(O)CN1C(=O)[C@@H]1CCCNC1. The van der Waals surface area contributed by atoms with E-state index in [-0.39, 0.29) is 24.0 Å². The van der Waals surface area contributed by atoms with E-state index in [1.807, 2.05) is 19.0 Å². The number of β-amino-alcohol motifs (C(OH)–C–C–N with tert-alkyl or cyclic N) is 1. The number of likely N-dealkylation sites (tertiary alicyclic amines) is 1. The summed E-state index contributed by atoms with van der Waals surface area (Å²) in [4.78, 5) is 16.5.